The molecular weight excluding hydrogens is 272 g/mol. The molecule has 1 aromatic rings. The second-order valence-corrected chi connectivity index (χ2v) is 5.41. The molecule has 1 fully saturated rings. The van der Waals surface area contributed by atoms with Gasteiger partial charge in [0.25, 0.3) is 0 Å². The van der Waals surface area contributed by atoms with Crippen LogP contribution >= 0.6 is 0 Å². The first-order chi connectivity index (χ1) is 10.2. The number of piperidine rings is 1. The standard InChI is InChI=1S/C14H22N4O3/c19-9-1-6-17-7-4-12(5-8-17)10-15-13-2-3-14(16-11-13)18(20)21/h2-3,11-12,15,19H,1,4-10H2. The minimum Gasteiger partial charge on any atom is -0.396 e. The molecule has 0 unspecified atom stereocenters. The van der Waals surface area contributed by atoms with Crippen molar-refractivity contribution in [1.82, 2.24) is 9.88 Å². The predicted octanol–water partition coefficient (Wildman–Crippen LogP) is 1.50. The molecule has 0 bridgehead atoms. The van der Waals surface area contributed by atoms with Gasteiger partial charge >= 0.3 is 5.82 Å². The van der Waals surface area contributed by atoms with Gasteiger partial charge in [-0.05, 0) is 54.2 Å². The summed E-state index contributed by atoms with van der Waals surface area (Å²) in [7, 11) is 0. The van der Waals surface area contributed by atoms with Crippen LogP contribution in [-0.2, 0) is 0 Å². The van der Waals surface area contributed by atoms with E-state index in [0.717, 1.165) is 51.1 Å². The third kappa shape index (κ3) is 4.95. The fourth-order valence-corrected chi connectivity index (χ4v) is 2.57. The largest absolute Gasteiger partial charge is 0.396 e. The van der Waals surface area contributed by atoms with Crippen molar-refractivity contribution in [3.8, 4) is 0 Å². The first kappa shape index (κ1) is 15.7. The highest BCUT2D eigenvalue weighted by Gasteiger charge is 2.18. The van der Waals surface area contributed by atoms with E-state index in [1.165, 1.54) is 12.3 Å². The molecule has 7 heteroatoms. The lowest BCUT2D eigenvalue weighted by Gasteiger charge is -2.31. The number of likely N-dealkylation sites (tertiary alicyclic amines) is 1. The Morgan fingerprint density at radius 3 is 2.76 bits per heavy atom. The molecule has 2 heterocycles. The summed E-state index contributed by atoms with van der Waals surface area (Å²) in [4.78, 5) is 16.2. The lowest BCUT2D eigenvalue weighted by Crippen LogP contribution is -2.36. The number of hydrogen-bond acceptors (Lipinski definition) is 6. The highest BCUT2D eigenvalue weighted by atomic mass is 16.6. The van der Waals surface area contributed by atoms with Crippen molar-refractivity contribution in [2.45, 2.75) is 19.3 Å². The molecule has 1 saturated heterocycles. The summed E-state index contributed by atoms with van der Waals surface area (Å²) in [6.45, 7) is 4.25. The minimum atomic E-state index is -0.494. The number of hydrogen-bond donors (Lipinski definition) is 2. The van der Waals surface area contributed by atoms with Crippen molar-refractivity contribution in [2.75, 3.05) is 38.1 Å². The Balaban J connectivity index is 1.70. The van der Waals surface area contributed by atoms with Crippen LogP contribution in [0.2, 0.25) is 0 Å². The Morgan fingerprint density at radius 2 is 2.19 bits per heavy atom. The van der Waals surface area contributed by atoms with Crippen molar-refractivity contribution >= 4 is 11.5 Å². The maximum Gasteiger partial charge on any atom is 0.363 e. The first-order valence-corrected chi connectivity index (χ1v) is 7.36. The predicted molar refractivity (Wildman–Crippen MR) is 80.2 cm³/mol. The molecule has 0 aromatic carbocycles. The number of aliphatic hydroxyl groups excluding tert-OH is 1. The SMILES string of the molecule is O=[N+]([O-])c1ccc(NCC2CCN(CCCO)CC2)cn1. The molecule has 0 amide bonds. The normalized spacial score (nSPS) is 16.8. The molecule has 0 saturated carbocycles. The zero-order chi connectivity index (χ0) is 15.1. The summed E-state index contributed by atoms with van der Waals surface area (Å²) in [6.07, 6.45) is 4.63. The van der Waals surface area contributed by atoms with Gasteiger partial charge in [-0.1, -0.05) is 0 Å². The van der Waals surface area contributed by atoms with Gasteiger partial charge in [0.05, 0.1) is 5.69 Å². The van der Waals surface area contributed by atoms with Gasteiger partial charge in [-0.15, -0.1) is 0 Å². The molecule has 1 aromatic heterocycles. The van der Waals surface area contributed by atoms with Crippen LogP contribution in [0.5, 0.6) is 0 Å². The van der Waals surface area contributed by atoms with Gasteiger partial charge in [-0.25, -0.2) is 0 Å². The molecule has 0 aliphatic carbocycles. The van der Waals surface area contributed by atoms with Crippen molar-refractivity contribution in [1.29, 1.82) is 0 Å². The smallest absolute Gasteiger partial charge is 0.363 e. The quantitative estimate of drug-likeness (QED) is 0.585. The second-order valence-electron chi connectivity index (χ2n) is 5.41. The van der Waals surface area contributed by atoms with Gasteiger partial charge < -0.3 is 25.4 Å². The number of nitrogens with one attached hydrogen (secondary N) is 1. The van der Waals surface area contributed by atoms with E-state index in [-0.39, 0.29) is 12.4 Å². The van der Waals surface area contributed by atoms with E-state index < -0.39 is 4.92 Å². The van der Waals surface area contributed by atoms with Crippen LogP contribution in [0.25, 0.3) is 0 Å². The number of nitrogens with zero attached hydrogens (tertiary/aromatic N) is 3. The molecular formula is C14H22N4O3. The summed E-state index contributed by atoms with van der Waals surface area (Å²) < 4.78 is 0. The van der Waals surface area contributed by atoms with E-state index in [9.17, 15) is 10.1 Å². The van der Waals surface area contributed by atoms with Gasteiger partial charge in [0.1, 0.15) is 0 Å². The van der Waals surface area contributed by atoms with Crippen LogP contribution in [0.1, 0.15) is 19.3 Å². The molecule has 1 aliphatic heterocycles. The Morgan fingerprint density at radius 1 is 1.43 bits per heavy atom. The summed E-state index contributed by atoms with van der Waals surface area (Å²) in [5.41, 5.74) is 0.823. The van der Waals surface area contributed by atoms with E-state index >= 15 is 0 Å². The molecule has 2 N–H and O–H groups in total. The van der Waals surface area contributed by atoms with Crippen molar-refractivity contribution < 1.29 is 10.0 Å². The number of nitro groups is 1. The van der Waals surface area contributed by atoms with E-state index in [1.807, 2.05) is 0 Å². The number of aromatic nitrogens is 1. The zero-order valence-corrected chi connectivity index (χ0v) is 12.1. The van der Waals surface area contributed by atoms with E-state index in [0.29, 0.717) is 5.92 Å². The van der Waals surface area contributed by atoms with Crippen molar-refractivity contribution in [3.63, 3.8) is 0 Å². The van der Waals surface area contributed by atoms with E-state index in [2.05, 4.69) is 15.2 Å². The molecule has 7 nitrogen and oxygen atoms in total. The molecule has 2 rings (SSSR count). The number of rotatable bonds is 7. The van der Waals surface area contributed by atoms with Gasteiger partial charge in [0.2, 0.25) is 0 Å². The van der Waals surface area contributed by atoms with Gasteiger partial charge in [0.15, 0.2) is 6.20 Å². The molecule has 0 atom stereocenters. The van der Waals surface area contributed by atoms with E-state index in [4.69, 9.17) is 5.11 Å². The third-order valence-corrected chi connectivity index (χ3v) is 3.87. The highest BCUT2D eigenvalue weighted by Crippen LogP contribution is 2.19. The monoisotopic (exact) mass is 294 g/mol. The van der Waals surface area contributed by atoms with Crippen LogP contribution in [0, 0.1) is 16.0 Å². The Hall–Kier alpha value is -1.73. The van der Waals surface area contributed by atoms with Crippen LogP contribution in [0.4, 0.5) is 11.5 Å². The fraction of sp³-hybridized carbons (Fsp3) is 0.643. The Labute approximate surface area is 124 Å². The van der Waals surface area contributed by atoms with Crippen LogP contribution < -0.4 is 5.32 Å². The van der Waals surface area contributed by atoms with Gasteiger partial charge in [-0.3, -0.25) is 0 Å². The summed E-state index contributed by atoms with van der Waals surface area (Å²) in [6, 6.07) is 3.11. The van der Waals surface area contributed by atoms with Crippen LogP contribution in [-0.4, -0.2) is 52.7 Å². The second kappa shape index (κ2) is 7.90. The molecule has 1 aliphatic rings. The summed E-state index contributed by atoms with van der Waals surface area (Å²) >= 11 is 0. The number of anilines is 1. The first-order valence-electron chi connectivity index (χ1n) is 7.36. The van der Waals surface area contributed by atoms with Crippen molar-refractivity contribution in [3.05, 3.63) is 28.4 Å². The van der Waals surface area contributed by atoms with Crippen molar-refractivity contribution in [2.24, 2.45) is 5.92 Å². The third-order valence-electron chi connectivity index (χ3n) is 3.87. The van der Waals surface area contributed by atoms with Crippen LogP contribution in [0.15, 0.2) is 18.3 Å². The molecule has 116 valence electrons. The maximum absolute atomic E-state index is 10.5. The Bertz CT molecular complexity index is 444. The number of pyridine rings is 1. The minimum absolute atomic E-state index is 0.127. The highest BCUT2D eigenvalue weighted by molar-refractivity contribution is 5.43. The molecule has 0 spiro atoms. The number of aliphatic hydroxyl groups is 1. The lowest BCUT2D eigenvalue weighted by atomic mass is 9.96. The summed E-state index contributed by atoms with van der Waals surface area (Å²) in [5, 5.41) is 22.6. The fourth-order valence-electron chi connectivity index (χ4n) is 2.57. The zero-order valence-electron chi connectivity index (χ0n) is 12.1. The average molecular weight is 294 g/mol. The average Bonchev–Trinajstić information content (AvgIpc) is 2.52. The van der Waals surface area contributed by atoms with Crippen LogP contribution in [0.3, 0.4) is 0 Å². The lowest BCUT2D eigenvalue weighted by molar-refractivity contribution is -0.389. The maximum atomic E-state index is 10.5. The molecule has 0 radical (unpaired) electrons. The molecule has 21 heavy (non-hydrogen) atoms. The summed E-state index contributed by atoms with van der Waals surface area (Å²) in [5.74, 6) is 0.489. The van der Waals surface area contributed by atoms with Gasteiger partial charge in [-0.2, -0.15) is 0 Å². The topological polar surface area (TPSA) is 91.5 Å². The van der Waals surface area contributed by atoms with Gasteiger partial charge in [0, 0.05) is 25.8 Å². The van der Waals surface area contributed by atoms with E-state index in [1.54, 1.807) is 6.07 Å². The Kier molecular flexibility index (Phi) is 5.89.